The van der Waals surface area contributed by atoms with Crippen LogP contribution in [0.25, 0.3) is 0 Å². The zero-order valence-electron chi connectivity index (χ0n) is 15.7. The molecular formula is C18H19Cl3FN3O4. The second-order valence-electron chi connectivity index (χ2n) is 6.77. The molecule has 1 unspecified atom stereocenters. The van der Waals surface area contributed by atoms with E-state index in [2.05, 4.69) is 0 Å². The molecule has 2 rings (SSSR count). The third-order valence-corrected chi connectivity index (χ3v) is 4.07. The number of benzene rings is 2. The molecule has 0 aliphatic heterocycles. The number of carbonyl (C=O) groups is 2. The zero-order chi connectivity index (χ0) is 20.4. The number of nitro benzene ring substituents is 1. The molecule has 158 valence electrons. The van der Waals surface area contributed by atoms with Gasteiger partial charge < -0.3 is 12.4 Å². The normalized spacial score (nSPS) is 11.5. The van der Waals surface area contributed by atoms with Crippen molar-refractivity contribution in [2.24, 2.45) is 0 Å². The molecule has 2 amide bonds. The maximum absolute atomic E-state index is 14.1. The van der Waals surface area contributed by atoms with Crippen LogP contribution in [0.3, 0.4) is 0 Å². The molecular weight excluding hydrogens is 448 g/mol. The van der Waals surface area contributed by atoms with Crippen LogP contribution in [0.5, 0.6) is 0 Å². The van der Waals surface area contributed by atoms with Crippen molar-refractivity contribution in [2.75, 3.05) is 0 Å². The van der Waals surface area contributed by atoms with Crippen LogP contribution in [-0.2, 0) is 0 Å². The van der Waals surface area contributed by atoms with Crippen LogP contribution in [0.4, 0.5) is 10.1 Å². The van der Waals surface area contributed by atoms with Crippen LogP contribution >= 0.6 is 24.2 Å². The van der Waals surface area contributed by atoms with Crippen molar-refractivity contribution in [1.82, 2.24) is 4.53 Å². The highest BCUT2D eigenvalue weighted by molar-refractivity contribution is 6.23. The molecule has 1 atom stereocenters. The summed E-state index contributed by atoms with van der Waals surface area (Å²) >= 11 is 6.17. The summed E-state index contributed by atoms with van der Waals surface area (Å²) in [6, 6.07) is 10.6. The van der Waals surface area contributed by atoms with Crippen molar-refractivity contribution in [2.45, 2.75) is 26.3 Å². The number of halogens is 4. The smallest absolute Gasteiger partial charge is 0.373 e. The average molecular weight is 467 g/mol. The Hall–Kier alpha value is -2.26. The first-order valence-corrected chi connectivity index (χ1v) is 8.29. The Morgan fingerprint density at radius 1 is 1.07 bits per heavy atom. The molecule has 0 fully saturated rings. The number of hydrogen-bond acceptors (Lipinski definition) is 4. The van der Waals surface area contributed by atoms with Crippen molar-refractivity contribution in [3.8, 4) is 0 Å². The van der Waals surface area contributed by atoms with Gasteiger partial charge in [-0.1, -0.05) is 28.8 Å². The van der Waals surface area contributed by atoms with Crippen LogP contribution in [0.2, 0.25) is 0 Å². The third-order valence-electron chi connectivity index (χ3n) is 3.75. The molecule has 2 aromatic carbocycles. The van der Waals surface area contributed by atoms with Crippen LogP contribution in [0, 0.1) is 15.9 Å². The van der Waals surface area contributed by atoms with Crippen molar-refractivity contribution in [3.05, 3.63) is 75.6 Å². The third kappa shape index (κ3) is 5.86. The fraction of sp³-hybridized carbons (Fsp3) is 0.222. The highest BCUT2D eigenvalue weighted by Gasteiger charge is 2.43. The van der Waals surface area contributed by atoms with Crippen LogP contribution in [0.1, 0.15) is 41.5 Å². The van der Waals surface area contributed by atoms with Gasteiger partial charge in [0.25, 0.3) is 5.69 Å². The van der Waals surface area contributed by atoms with E-state index in [0.29, 0.717) is 4.53 Å². The monoisotopic (exact) mass is 465 g/mol. The summed E-state index contributed by atoms with van der Waals surface area (Å²) < 4.78 is 14.6. The predicted octanol–water partition coefficient (Wildman–Crippen LogP) is 0.194. The molecule has 7 nitrogen and oxygen atoms in total. The molecule has 0 bridgehead atoms. The Labute approximate surface area is 184 Å². The molecule has 11 heteroatoms. The maximum atomic E-state index is 14.1. The number of nitrogens with zero attached hydrogens (tertiary/aromatic N) is 2. The molecule has 0 spiro atoms. The van der Waals surface area contributed by atoms with Gasteiger partial charge in [0.2, 0.25) is 0 Å². The van der Waals surface area contributed by atoms with Gasteiger partial charge in [-0.3, -0.25) is 14.9 Å². The summed E-state index contributed by atoms with van der Waals surface area (Å²) in [4.78, 5) is 36.2. The predicted molar refractivity (Wildman–Crippen MR) is 104 cm³/mol. The van der Waals surface area contributed by atoms with E-state index in [4.69, 9.17) is 11.8 Å². The van der Waals surface area contributed by atoms with Crippen molar-refractivity contribution in [3.63, 3.8) is 0 Å². The van der Waals surface area contributed by atoms with Crippen LogP contribution in [0.15, 0.2) is 48.5 Å². The quantitative estimate of drug-likeness (QED) is 0.398. The number of nitro groups is 1. The molecule has 1 N–H and O–H groups in total. The minimum Gasteiger partial charge on any atom is -1.00 e. The second kappa shape index (κ2) is 10.5. The summed E-state index contributed by atoms with van der Waals surface area (Å²) in [5, 5.41) is 11.0. The van der Waals surface area contributed by atoms with Gasteiger partial charge in [-0.2, -0.15) is 0 Å². The number of quaternary nitrogens is 1. The molecule has 29 heavy (non-hydrogen) atoms. The van der Waals surface area contributed by atoms with E-state index < -0.39 is 33.8 Å². The number of hydrogen-bond donors (Lipinski definition) is 1. The summed E-state index contributed by atoms with van der Waals surface area (Å²) in [6.07, 6.45) is 0. The van der Waals surface area contributed by atoms with E-state index in [1.165, 1.54) is 36.4 Å². The second-order valence-corrected chi connectivity index (χ2v) is 7.11. The van der Waals surface area contributed by atoms with Crippen LogP contribution < -0.4 is 17.4 Å². The summed E-state index contributed by atoms with van der Waals surface area (Å²) in [5.41, 5.74) is -1.91. The Balaban J connectivity index is 0.00000392. The standard InChI is InChI=1S/C18H17ClFN3O4.2ClH/c1-18(2,3)21(16(24)12-8-4-6-10-14(12)20)22(19)17(25)13-9-5-7-11-15(13)23(26)27;;/h4-11H,1-3H3;2*1H. The van der Waals surface area contributed by atoms with Gasteiger partial charge in [0.05, 0.1) is 16.7 Å². The first-order chi connectivity index (χ1) is 12.6. The Morgan fingerprint density at radius 2 is 1.55 bits per heavy atom. The lowest BCUT2D eigenvalue weighted by Crippen LogP contribution is -3.25. The number of amides is 2. The fourth-order valence-electron chi connectivity index (χ4n) is 2.52. The summed E-state index contributed by atoms with van der Waals surface area (Å²) in [5.74, 6) is -2.48. The van der Waals surface area contributed by atoms with Gasteiger partial charge in [0, 0.05) is 6.07 Å². The van der Waals surface area contributed by atoms with Gasteiger partial charge in [0.15, 0.2) is 0 Å². The van der Waals surface area contributed by atoms with E-state index in [1.54, 1.807) is 20.8 Å². The average Bonchev–Trinajstić information content (AvgIpc) is 2.60. The molecule has 0 aromatic heterocycles. The molecule has 0 aliphatic rings. The van der Waals surface area contributed by atoms with Gasteiger partial charge in [0.1, 0.15) is 22.5 Å². The van der Waals surface area contributed by atoms with E-state index in [0.717, 1.165) is 12.1 Å². The maximum Gasteiger partial charge on any atom is 0.373 e. The summed E-state index contributed by atoms with van der Waals surface area (Å²) in [7, 11) is 0. The number of nitrogens with one attached hydrogen (secondary N) is 1. The van der Waals surface area contributed by atoms with Crippen LogP contribution in [-0.4, -0.2) is 26.8 Å². The molecule has 0 saturated carbocycles. The SMILES string of the molecule is CC(C)(C)[NH+](C(=O)c1ccccc1F)N(Cl)C(=O)c1ccccc1[N+](=O)[O-].Cl.[Cl-]. The number of carbonyl (C=O) groups excluding carboxylic acids is 2. The highest BCUT2D eigenvalue weighted by atomic mass is 35.5. The Kier molecular flexibility index (Phi) is 9.68. The fourth-order valence-corrected chi connectivity index (χ4v) is 2.94. The van der Waals surface area contributed by atoms with E-state index in [-0.39, 0.29) is 40.9 Å². The van der Waals surface area contributed by atoms with E-state index in [1.807, 2.05) is 0 Å². The topological polar surface area (TPSA) is 85.0 Å². The molecule has 0 aliphatic carbocycles. The lowest BCUT2D eigenvalue weighted by Gasteiger charge is -2.33. The lowest BCUT2D eigenvalue weighted by molar-refractivity contribution is -0.951. The largest absolute Gasteiger partial charge is 1.00 e. The van der Waals surface area contributed by atoms with Gasteiger partial charge >= 0.3 is 11.8 Å². The van der Waals surface area contributed by atoms with Crippen molar-refractivity contribution < 1.29 is 36.3 Å². The molecule has 2 aromatic rings. The van der Waals surface area contributed by atoms with E-state index in [9.17, 15) is 24.1 Å². The van der Waals surface area contributed by atoms with Gasteiger partial charge in [-0.05, 0) is 39.0 Å². The zero-order valence-corrected chi connectivity index (χ0v) is 18.0. The Morgan fingerprint density at radius 3 is 2.03 bits per heavy atom. The molecule has 0 saturated heterocycles. The lowest BCUT2D eigenvalue weighted by atomic mass is 10.1. The Bertz CT molecular complexity index is 906. The first-order valence-electron chi connectivity index (χ1n) is 7.96. The highest BCUT2D eigenvalue weighted by Crippen LogP contribution is 2.20. The summed E-state index contributed by atoms with van der Waals surface area (Å²) in [6.45, 7) is 4.88. The minimum atomic E-state index is -0.946. The van der Waals surface area contributed by atoms with Crippen molar-refractivity contribution >= 4 is 41.7 Å². The first kappa shape index (κ1) is 26.7. The molecule has 0 radical (unpaired) electrons. The number of para-hydroxylation sites is 1. The van der Waals surface area contributed by atoms with Crippen molar-refractivity contribution in [1.29, 1.82) is 0 Å². The number of rotatable bonds is 3. The van der Waals surface area contributed by atoms with E-state index >= 15 is 0 Å². The van der Waals surface area contributed by atoms with Gasteiger partial charge in [-0.15, -0.1) is 17.4 Å². The molecule has 0 heterocycles. The minimum absolute atomic E-state index is 0. The van der Waals surface area contributed by atoms with Gasteiger partial charge in [-0.25, -0.2) is 9.18 Å².